The summed E-state index contributed by atoms with van der Waals surface area (Å²) in [6, 6.07) is 5.10. The van der Waals surface area contributed by atoms with Crippen molar-refractivity contribution in [3.63, 3.8) is 0 Å². The largest absolute Gasteiger partial charge is 0.389 e. The van der Waals surface area contributed by atoms with E-state index in [1.54, 1.807) is 17.9 Å². The summed E-state index contributed by atoms with van der Waals surface area (Å²) in [5, 5.41) is 12.0. The molecule has 1 aliphatic heterocycles. The summed E-state index contributed by atoms with van der Waals surface area (Å²) in [6.45, 7) is 3.75. The minimum absolute atomic E-state index is 0.157. The second-order valence-corrected chi connectivity index (χ2v) is 5.70. The van der Waals surface area contributed by atoms with E-state index in [-0.39, 0.29) is 24.4 Å². The van der Waals surface area contributed by atoms with E-state index in [4.69, 9.17) is 0 Å². The summed E-state index contributed by atoms with van der Waals surface area (Å²) < 4.78 is 0.762. The Morgan fingerprint density at radius 2 is 2.20 bits per heavy atom. The standard InChI is InChI=1S/C14H17BrN2O3/c1-3-12-14(20)16-13(19)7-17(12)9-4-5-10(8(2)18)11(15)6-9/h4-6,8,12,18H,3,7H2,1-2H3,(H,16,19,20). The molecule has 0 saturated carbocycles. The number of rotatable bonds is 3. The van der Waals surface area contributed by atoms with Gasteiger partial charge in [0, 0.05) is 10.2 Å². The molecule has 1 saturated heterocycles. The van der Waals surface area contributed by atoms with E-state index >= 15 is 0 Å². The quantitative estimate of drug-likeness (QED) is 0.822. The number of hydrogen-bond acceptors (Lipinski definition) is 4. The lowest BCUT2D eigenvalue weighted by molar-refractivity contribution is -0.132. The molecule has 2 unspecified atom stereocenters. The van der Waals surface area contributed by atoms with Crippen molar-refractivity contribution in [1.29, 1.82) is 0 Å². The minimum atomic E-state index is -0.577. The smallest absolute Gasteiger partial charge is 0.249 e. The first-order chi connectivity index (χ1) is 9.43. The Balaban J connectivity index is 2.36. The highest BCUT2D eigenvalue weighted by Crippen LogP contribution is 2.30. The van der Waals surface area contributed by atoms with Gasteiger partial charge in [-0.15, -0.1) is 0 Å². The molecule has 2 N–H and O–H groups in total. The van der Waals surface area contributed by atoms with E-state index in [0.717, 1.165) is 15.7 Å². The first kappa shape index (κ1) is 15.0. The summed E-state index contributed by atoms with van der Waals surface area (Å²) in [6.07, 6.45) is 0.0428. The molecule has 1 fully saturated rings. The number of benzene rings is 1. The van der Waals surface area contributed by atoms with Gasteiger partial charge in [0.2, 0.25) is 11.8 Å². The van der Waals surface area contributed by atoms with Crippen molar-refractivity contribution in [3.05, 3.63) is 28.2 Å². The number of carbonyl (C=O) groups is 2. The number of halogens is 1. The number of carbonyl (C=O) groups excluding carboxylic acids is 2. The van der Waals surface area contributed by atoms with Crippen LogP contribution in [0.2, 0.25) is 0 Å². The van der Waals surface area contributed by atoms with Gasteiger partial charge in [-0.1, -0.05) is 28.9 Å². The van der Waals surface area contributed by atoms with Crippen LogP contribution in [-0.2, 0) is 9.59 Å². The molecule has 1 heterocycles. The summed E-state index contributed by atoms with van der Waals surface area (Å²) in [7, 11) is 0. The fraction of sp³-hybridized carbons (Fsp3) is 0.429. The molecule has 20 heavy (non-hydrogen) atoms. The van der Waals surface area contributed by atoms with E-state index in [1.165, 1.54) is 0 Å². The van der Waals surface area contributed by atoms with E-state index in [1.807, 2.05) is 19.1 Å². The van der Waals surface area contributed by atoms with E-state index < -0.39 is 6.10 Å². The van der Waals surface area contributed by atoms with Crippen LogP contribution in [-0.4, -0.2) is 29.5 Å². The van der Waals surface area contributed by atoms with Crippen molar-refractivity contribution >= 4 is 33.4 Å². The molecular formula is C14H17BrN2O3. The van der Waals surface area contributed by atoms with Gasteiger partial charge in [0.1, 0.15) is 6.04 Å². The Kier molecular flexibility index (Phi) is 4.45. The molecule has 2 amide bonds. The topological polar surface area (TPSA) is 69.6 Å². The van der Waals surface area contributed by atoms with Crippen molar-refractivity contribution in [3.8, 4) is 0 Å². The molecule has 5 nitrogen and oxygen atoms in total. The van der Waals surface area contributed by atoms with Crippen LogP contribution in [0.15, 0.2) is 22.7 Å². The second kappa shape index (κ2) is 5.93. The highest BCUT2D eigenvalue weighted by atomic mass is 79.9. The Morgan fingerprint density at radius 3 is 2.75 bits per heavy atom. The van der Waals surface area contributed by atoms with Crippen LogP contribution >= 0.6 is 15.9 Å². The molecule has 2 rings (SSSR count). The van der Waals surface area contributed by atoms with Crippen molar-refractivity contribution in [2.45, 2.75) is 32.4 Å². The third-order valence-corrected chi connectivity index (χ3v) is 4.09. The number of aliphatic hydroxyl groups excluding tert-OH is 1. The summed E-state index contributed by atoms with van der Waals surface area (Å²) in [5.41, 5.74) is 1.56. The van der Waals surface area contributed by atoms with Crippen LogP contribution in [0.25, 0.3) is 0 Å². The highest BCUT2D eigenvalue weighted by molar-refractivity contribution is 9.10. The zero-order chi connectivity index (χ0) is 14.9. The number of aliphatic hydroxyl groups is 1. The molecule has 1 aromatic rings. The number of piperazine rings is 1. The summed E-state index contributed by atoms with van der Waals surface area (Å²) in [5.74, 6) is -0.560. The van der Waals surface area contributed by atoms with Gasteiger partial charge in [-0.2, -0.15) is 0 Å². The maximum atomic E-state index is 11.9. The van der Waals surface area contributed by atoms with Crippen LogP contribution in [0.3, 0.4) is 0 Å². The van der Waals surface area contributed by atoms with Crippen molar-refractivity contribution < 1.29 is 14.7 Å². The lowest BCUT2D eigenvalue weighted by atomic mass is 10.1. The molecule has 2 atom stereocenters. The number of nitrogens with one attached hydrogen (secondary N) is 1. The van der Waals surface area contributed by atoms with E-state index in [0.29, 0.717) is 6.42 Å². The summed E-state index contributed by atoms with van der Waals surface area (Å²) >= 11 is 3.41. The summed E-state index contributed by atoms with van der Waals surface area (Å²) in [4.78, 5) is 25.2. The number of amides is 2. The normalized spacial score (nSPS) is 20.8. The fourth-order valence-electron chi connectivity index (χ4n) is 2.38. The van der Waals surface area contributed by atoms with Crippen LogP contribution in [0.1, 0.15) is 31.9 Å². The zero-order valence-electron chi connectivity index (χ0n) is 11.4. The molecular weight excluding hydrogens is 324 g/mol. The molecule has 1 aromatic carbocycles. The molecule has 0 radical (unpaired) electrons. The molecule has 0 aliphatic carbocycles. The zero-order valence-corrected chi connectivity index (χ0v) is 13.0. The van der Waals surface area contributed by atoms with Crippen LogP contribution in [0, 0.1) is 0 Å². The number of nitrogens with zero attached hydrogens (tertiary/aromatic N) is 1. The van der Waals surface area contributed by atoms with Crippen LogP contribution in [0.4, 0.5) is 5.69 Å². The first-order valence-electron chi connectivity index (χ1n) is 6.52. The molecule has 0 bridgehead atoms. The van der Waals surface area contributed by atoms with Crippen molar-refractivity contribution in [1.82, 2.24) is 5.32 Å². The number of hydrogen-bond donors (Lipinski definition) is 2. The Morgan fingerprint density at radius 1 is 1.50 bits per heavy atom. The van der Waals surface area contributed by atoms with Gasteiger partial charge in [0.15, 0.2) is 0 Å². The van der Waals surface area contributed by atoms with Gasteiger partial charge in [-0.05, 0) is 31.0 Å². The maximum Gasteiger partial charge on any atom is 0.249 e. The number of anilines is 1. The predicted octanol–water partition coefficient (Wildman–Crippen LogP) is 1.74. The molecule has 0 aromatic heterocycles. The lowest BCUT2D eigenvalue weighted by Gasteiger charge is -2.35. The highest BCUT2D eigenvalue weighted by Gasteiger charge is 2.32. The van der Waals surface area contributed by atoms with E-state index in [2.05, 4.69) is 21.2 Å². The molecule has 108 valence electrons. The van der Waals surface area contributed by atoms with Gasteiger partial charge in [-0.3, -0.25) is 14.9 Å². The third-order valence-electron chi connectivity index (χ3n) is 3.41. The van der Waals surface area contributed by atoms with Crippen molar-refractivity contribution in [2.75, 3.05) is 11.4 Å². The average molecular weight is 341 g/mol. The van der Waals surface area contributed by atoms with Gasteiger partial charge in [-0.25, -0.2) is 0 Å². The minimum Gasteiger partial charge on any atom is -0.389 e. The Hall–Kier alpha value is -1.40. The predicted molar refractivity (Wildman–Crippen MR) is 79.4 cm³/mol. The maximum absolute atomic E-state index is 11.9. The van der Waals surface area contributed by atoms with Gasteiger partial charge < -0.3 is 10.0 Å². The van der Waals surface area contributed by atoms with Gasteiger partial charge in [0.25, 0.3) is 0 Å². The first-order valence-corrected chi connectivity index (χ1v) is 7.31. The molecule has 0 spiro atoms. The van der Waals surface area contributed by atoms with E-state index in [9.17, 15) is 14.7 Å². The van der Waals surface area contributed by atoms with Crippen LogP contribution in [0.5, 0.6) is 0 Å². The lowest BCUT2D eigenvalue weighted by Crippen LogP contribution is -2.58. The fourth-order valence-corrected chi connectivity index (χ4v) is 3.08. The SMILES string of the molecule is CCC1C(=O)NC(=O)CN1c1ccc(C(C)O)c(Br)c1. The molecule has 6 heteroatoms. The second-order valence-electron chi connectivity index (χ2n) is 4.85. The van der Waals surface area contributed by atoms with Crippen LogP contribution < -0.4 is 10.2 Å². The third kappa shape index (κ3) is 2.86. The molecule has 1 aliphatic rings. The monoisotopic (exact) mass is 340 g/mol. The van der Waals surface area contributed by atoms with Gasteiger partial charge >= 0.3 is 0 Å². The van der Waals surface area contributed by atoms with Gasteiger partial charge in [0.05, 0.1) is 12.6 Å². The Labute approximate surface area is 126 Å². The average Bonchev–Trinajstić information content (AvgIpc) is 2.37. The van der Waals surface area contributed by atoms with Crippen molar-refractivity contribution in [2.24, 2.45) is 0 Å². The number of imide groups is 1. The Bertz CT molecular complexity index is 545.